The number of rotatable bonds is 5. The number of hydrogen-bond acceptors (Lipinski definition) is 7. The van der Waals surface area contributed by atoms with E-state index in [9.17, 15) is 4.79 Å². The van der Waals surface area contributed by atoms with Crippen molar-refractivity contribution in [3.8, 4) is 5.75 Å². The van der Waals surface area contributed by atoms with Crippen molar-refractivity contribution in [2.24, 2.45) is 0 Å². The molecule has 6 nitrogen and oxygen atoms in total. The van der Waals surface area contributed by atoms with Gasteiger partial charge in [0.05, 0.1) is 28.7 Å². The Hall–Kier alpha value is -2.35. The minimum absolute atomic E-state index is 0.246. The van der Waals surface area contributed by atoms with Gasteiger partial charge in [-0.05, 0) is 43.0 Å². The highest BCUT2D eigenvalue weighted by molar-refractivity contribution is 7.98. The monoisotopic (exact) mass is 420 g/mol. The largest absolute Gasteiger partial charge is 0.421 e. The fourth-order valence-corrected chi connectivity index (χ4v) is 2.86. The van der Waals surface area contributed by atoms with Crippen molar-refractivity contribution in [3.05, 3.63) is 64.0 Å². The Morgan fingerprint density at radius 2 is 1.89 bits per heavy atom. The van der Waals surface area contributed by atoms with Gasteiger partial charge in [0.2, 0.25) is 0 Å². The van der Waals surface area contributed by atoms with Crippen molar-refractivity contribution in [2.75, 3.05) is 11.6 Å². The summed E-state index contributed by atoms with van der Waals surface area (Å²) in [6, 6.07) is 6.31. The third-order valence-corrected chi connectivity index (χ3v) is 5.02. The highest BCUT2D eigenvalue weighted by Crippen LogP contribution is 2.33. The fourth-order valence-electron chi connectivity index (χ4n) is 2.13. The summed E-state index contributed by atoms with van der Waals surface area (Å²) in [5.74, 6) is 0.150. The van der Waals surface area contributed by atoms with Crippen molar-refractivity contribution >= 4 is 52.4 Å². The zero-order valence-electron chi connectivity index (χ0n) is 14.4. The van der Waals surface area contributed by atoms with Crippen LogP contribution in [0.5, 0.6) is 5.75 Å². The van der Waals surface area contributed by atoms with Crippen LogP contribution in [0.2, 0.25) is 10.0 Å². The predicted molar refractivity (Wildman–Crippen MR) is 107 cm³/mol. The number of pyridine rings is 1. The number of nitrogens with one attached hydrogen (secondary N) is 1. The van der Waals surface area contributed by atoms with E-state index in [1.807, 2.05) is 6.26 Å². The molecule has 0 fully saturated rings. The SMILES string of the molecule is CSc1ncc(Nc2cc(C(=O)Oc3ccc(Cl)c(C)c3Cl)ccn2)cn1. The van der Waals surface area contributed by atoms with Crippen molar-refractivity contribution in [1.82, 2.24) is 15.0 Å². The first-order valence-electron chi connectivity index (χ1n) is 7.74. The van der Waals surface area contributed by atoms with E-state index in [4.69, 9.17) is 27.9 Å². The molecule has 0 unspecified atom stereocenters. The van der Waals surface area contributed by atoms with Crippen LogP contribution in [-0.2, 0) is 0 Å². The Kier molecular flexibility index (Phi) is 6.15. The van der Waals surface area contributed by atoms with Crippen LogP contribution in [0.4, 0.5) is 11.5 Å². The van der Waals surface area contributed by atoms with Crippen LogP contribution in [0, 0.1) is 6.92 Å². The number of nitrogens with zero attached hydrogens (tertiary/aromatic N) is 3. The van der Waals surface area contributed by atoms with Crippen molar-refractivity contribution < 1.29 is 9.53 Å². The average molecular weight is 421 g/mol. The van der Waals surface area contributed by atoms with Gasteiger partial charge in [-0.1, -0.05) is 35.0 Å². The van der Waals surface area contributed by atoms with Gasteiger partial charge in [0.15, 0.2) is 5.16 Å². The second-order valence-corrected chi connectivity index (χ2v) is 6.95. The summed E-state index contributed by atoms with van der Waals surface area (Å²) < 4.78 is 5.39. The van der Waals surface area contributed by atoms with Gasteiger partial charge in [-0.25, -0.2) is 19.7 Å². The zero-order valence-corrected chi connectivity index (χ0v) is 16.7. The van der Waals surface area contributed by atoms with E-state index >= 15 is 0 Å². The molecule has 0 amide bonds. The maximum Gasteiger partial charge on any atom is 0.343 e. The Balaban J connectivity index is 1.76. The van der Waals surface area contributed by atoms with Crippen molar-refractivity contribution in [3.63, 3.8) is 0 Å². The second-order valence-electron chi connectivity index (χ2n) is 5.39. The minimum atomic E-state index is -0.557. The molecule has 0 radical (unpaired) electrons. The number of thioether (sulfide) groups is 1. The van der Waals surface area contributed by atoms with E-state index in [1.165, 1.54) is 18.0 Å². The molecule has 2 heterocycles. The molecular weight excluding hydrogens is 407 g/mol. The van der Waals surface area contributed by atoms with Gasteiger partial charge in [-0.2, -0.15) is 0 Å². The highest BCUT2D eigenvalue weighted by Gasteiger charge is 2.14. The summed E-state index contributed by atoms with van der Waals surface area (Å²) in [7, 11) is 0. The molecule has 3 aromatic rings. The Morgan fingerprint density at radius 1 is 1.15 bits per heavy atom. The smallest absolute Gasteiger partial charge is 0.343 e. The lowest BCUT2D eigenvalue weighted by atomic mass is 10.2. The third kappa shape index (κ3) is 4.68. The van der Waals surface area contributed by atoms with Gasteiger partial charge >= 0.3 is 5.97 Å². The molecule has 2 aromatic heterocycles. The number of carbonyl (C=O) groups is 1. The van der Waals surface area contributed by atoms with Crippen molar-refractivity contribution in [1.29, 1.82) is 0 Å². The number of esters is 1. The summed E-state index contributed by atoms with van der Waals surface area (Å²) in [4.78, 5) is 25.0. The molecule has 1 N–H and O–H groups in total. The van der Waals surface area contributed by atoms with Gasteiger partial charge in [-0.3, -0.25) is 0 Å². The zero-order chi connectivity index (χ0) is 19.4. The average Bonchev–Trinajstić information content (AvgIpc) is 2.69. The highest BCUT2D eigenvalue weighted by atomic mass is 35.5. The molecule has 0 aliphatic carbocycles. The van der Waals surface area contributed by atoms with E-state index in [-0.39, 0.29) is 5.75 Å². The lowest BCUT2D eigenvalue weighted by Crippen LogP contribution is -2.10. The van der Waals surface area contributed by atoms with Crippen LogP contribution in [0.15, 0.2) is 48.0 Å². The Morgan fingerprint density at radius 3 is 2.59 bits per heavy atom. The molecule has 0 bridgehead atoms. The number of aromatic nitrogens is 3. The summed E-state index contributed by atoms with van der Waals surface area (Å²) in [5.41, 5.74) is 1.62. The molecule has 1 aromatic carbocycles. The van der Waals surface area contributed by atoms with Gasteiger partial charge in [0.1, 0.15) is 11.6 Å². The molecule has 0 atom stereocenters. The molecule has 9 heteroatoms. The fraction of sp³-hybridized carbons (Fsp3) is 0.111. The Bertz CT molecular complexity index is 984. The predicted octanol–water partition coefficient (Wildman–Crippen LogP) is 5.17. The molecule has 0 saturated heterocycles. The van der Waals surface area contributed by atoms with Crippen LogP contribution in [0.25, 0.3) is 0 Å². The molecule has 0 spiro atoms. The first-order chi connectivity index (χ1) is 13.0. The van der Waals surface area contributed by atoms with E-state index in [2.05, 4.69) is 20.3 Å². The molecular formula is C18H14Cl2N4O2S. The quantitative estimate of drug-likeness (QED) is 0.264. The van der Waals surface area contributed by atoms with E-state index in [0.717, 1.165) is 0 Å². The maximum atomic E-state index is 12.5. The summed E-state index contributed by atoms with van der Waals surface area (Å²) in [5, 5.41) is 4.52. The molecule has 27 heavy (non-hydrogen) atoms. The molecule has 0 aliphatic heterocycles. The normalized spacial score (nSPS) is 10.5. The number of ether oxygens (including phenoxy) is 1. The van der Waals surface area contributed by atoms with Crippen LogP contribution in [-0.4, -0.2) is 27.2 Å². The van der Waals surface area contributed by atoms with E-state index < -0.39 is 5.97 Å². The minimum Gasteiger partial charge on any atom is -0.421 e. The van der Waals surface area contributed by atoms with Gasteiger partial charge in [0, 0.05) is 11.2 Å². The second kappa shape index (κ2) is 8.56. The number of anilines is 2. The van der Waals surface area contributed by atoms with Crippen LogP contribution < -0.4 is 10.1 Å². The van der Waals surface area contributed by atoms with Gasteiger partial charge in [-0.15, -0.1) is 0 Å². The van der Waals surface area contributed by atoms with Gasteiger partial charge < -0.3 is 10.1 Å². The number of benzene rings is 1. The third-order valence-electron chi connectivity index (χ3n) is 3.57. The van der Waals surface area contributed by atoms with Crippen LogP contribution in [0.1, 0.15) is 15.9 Å². The first-order valence-corrected chi connectivity index (χ1v) is 9.72. The lowest BCUT2D eigenvalue weighted by molar-refractivity contribution is 0.0734. The summed E-state index contributed by atoms with van der Waals surface area (Å²) in [6.07, 6.45) is 6.68. The Labute approximate surface area is 170 Å². The van der Waals surface area contributed by atoms with Crippen LogP contribution >= 0.6 is 35.0 Å². The van der Waals surface area contributed by atoms with Crippen molar-refractivity contribution in [2.45, 2.75) is 12.1 Å². The molecule has 0 aliphatic rings. The topological polar surface area (TPSA) is 77.0 Å². The summed E-state index contributed by atoms with van der Waals surface area (Å²) >= 11 is 13.6. The summed E-state index contributed by atoms with van der Waals surface area (Å²) in [6.45, 7) is 1.75. The number of hydrogen-bond donors (Lipinski definition) is 1. The first kappa shape index (κ1) is 19.4. The van der Waals surface area contributed by atoms with E-state index in [1.54, 1.807) is 43.6 Å². The van der Waals surface area contributed by atoms with E-state index in [0.29, 0.717) is 37.8 Å². The van der Waals surface area contributed by atoms with Crippen LogP contribution in [0.3, 0.4) is 0 Å². The molecule has 0 saturated carbocycles. The lowest BCUT2D eigenvalue weighted by Gasteiger charge is -2.10. The number of carbonyl (C=O) groups excluding carboxylic acids is 1. The van der Waals surface area contributed by atoms with Gasteiger partial charge in [0.25, 0.3) is 0 Å². The molecule has 3 rings (SSSR count). The number of halogens is 2. The standard InChI is InChI=1S/C18H14Cl2N4O2S/c1-10-13(19)3-4-14(16(10)20)26-17(25)11-5-6-21-15(7-11)24-12-8-22-18(27-2)23-9-12/h3-9H,1-2H3,(H,21,24). The molecule has 138 valence electrons. The maximum absolute atomic E-state index is 12.5.